The fourth-order valence-electron chi connectivity index (χ4n) is 2.63. The number of piperidine rings is 1. The number of para-hydroxylation sites is 2. The van der Waals surface area contributed by atoms with Gasteiger partial charge in [-0.25, -0.2) is 9.97 Å². The number of aromatic nitrogens is 2. The Kier molecular flexibility index (Phi) is 3.15. The molecule has 0 aliphatic carbocycles. The van der Waals surface area contributed by atoms with Crippen LogP contribution in [0.3, 0.4) is 0 Å². The predicted octanol–water partition coefficient (Wildman–Crippen LogP) is 2.35. The van der Waals surface area contributed by atoms with Crippen LogP contribution in [-0.4, -0.2) is 29.3 Å². The molecule has 0 radical (unpaired) electrons. The summed E-state index contributed by atoms with van der Waals surface area (Å²) < 4.78 is 0. The van der Waals surface area contributed by atoms with Gasteiger partial charge in [-0.1, -0.05) is 12.1 Å². The maximum atomic E-state index is 10.8. The number of hydrogen-bond acceptors (Lipinski definition) is 4. The van der Waals surface area contributed by atoms with Gasteiger partial charge in [0.2, 0.25) is 0 Å². The molecule has 1 saturated heterocycles. The number of nitrogens with zero attached hydrogens (tertiary/aromatic N) is 3. The van der Waals surface area contributed by atoms with E-state index in [4.69, 9.17) is 4.98 Å². The second kappa shape index (κ2) is 4.96. The third-order valence-corrected chi connectivity index (χ3v) is 3.75. The van der Waals surface area contributed by atoms with Gasteiger partial charge in [-0.05, 0) is 31.9 Å². The molecule has 0 unspecified atom stereocenters. The van der Waals surface area contributed by atoms with Crippen LogP contribution in [0.4, 0.5) is 5.82 Å². The van der Waals surface area contributed by atoms with Crippen molar-refractivity contribution in [1.29, 1.82) is 0 Å². The van der Waals surface area contributed by atoms with Crippen LogP contribution in [-0.2, 0) is 4.79 Å². The quantitative estimate of drug-likeness (QED) is 0.773. The first kappa shape index (κ1) is 12.1. The van der Waals surface area contributed by atoms with E-state index in [-0.39, 0.29) is 5.92 Å². The van der Waals surface area contributed by atoms with E-state index in [2.05, 4.69) is 9.88 Å². The largest absolute Gasteiger partial charge is 0.355 e. The van der Waals surface area contributed by atoms with E-state index in [9.17, 15) is 4.79 Å². The molecule has 0 N–H and O–H groups in total. The summed E-state index contributed by atoms with van der Waals surface area (Å²) in [5.41, 5.74) is 2.83. The molecule has 0 saturated carbocycles. The van der Waals surface area contributed by atoms with Gasteiger partial charge in [0.15, 0.2) is 5.82 Å². The normalized spacial score (nSPS) is 16.8. The third kappa shape index (κ3) is 2.30. The Bertz CT molecular complexity index is 603. The highest BCUT2D eigenvalue weighted by Crippen LogP contribution is 2.24. The van der Waals surface area contributed by atoms with Crippen molar-refractivity contribution in [3.05, 3.63) is 30.0 Å². The summed E-state index contributed by atoms with van der Waals surface area (Å²) in [7, 11) is 0. The van der Waals surface area contributed by atoms with Crippen molar-refractivity contribution < 1.29 is 4.79 Å². The Morgan fingerprint density at radius 2 is 1.79 bits per heavy atom. The lowest BCUT2D eigenvalue weighted by atomic mass is 9.98. The molecule has 0 amide bonds. The number of carbonyl (C=O) groups is 1. The molecule has 1 fully saturated rings. The Balaban J connectivity index is 1.92. The first-order valence-corrected chi connectivity index (χ1v) is 6.71. The van der Waals surface area contributed by atoms with Gasteiger partial charge in [-0.2, -0.15) is 0 Å². The molecule has 4 nitrogen and oxygen atoms in total. The fraction of sp³-hybridized carbons (Fsp3) is 0.400. The Labute approximate surface area is 112 Å². The van der Waals surface area contributed by atoms with E-state index in [1.165, 1.54) is 0 Å². The topological polar surface area (TPSA) is 46.1 Å². The predicted molar refractivity (Wildman–Crippen MR) is 75.3 cm³/mol. The zero-order chi connectivity index (χ0) is 13.2. The second-order valence-electron chi connectivity index (χ2n) is 5.08. The molecule has 1 aliphatic heterocycles. The smallest absolute Gasteiger partial charge is 0.150 e. The van der Waals surface area contributed by atoms with Gasteiger partial charge in [0, 0.05) is 19.0 Å². The van der Waals surface area contributed by atoms with Crippen molar-refractivity contribution in [3.8, 4) is 0 Å². The highest BCUT2D eigenvalue weighted by atomic mass is 16.1. The minimum Gasteiger partial charge on any atom is -0.355 e. The fourth-order valence-corrected chi connectivity index (χ4v) is 2.63. The van der Waals surface area contributed by atoms with E-state index < -0.39 is 0 Å². The third-order valence-electron chi connectivity index (χ3n) is 3.75. The molecule has 1 aromatic carbocycles. The van der Waals surface area contributed by atoms with Crippen molar-refractivity contribution >= 4 is 23.1 Å². The molecule has 98 valence electrons. The molecule has 2 aromatic rings. The molecule has 0 bridgehead atoms. The molecule has 19 heavy (non-hydrogen) atoms. The van der Waals surface area contributed by atoms with E-state index in [1.54, 1.807) is 0 Å². The van der Waals surface area contributed by atoms with Gasteiger partial charge in [0.25, 0.3) is 0 Å². The van der Waals surface area contributed by atoms with Gasteiger partial charge in [-0.3, -0.25) is 0 Å². The van der Waals surface area contributed by atoms with Crippen LogP contribution in [0.5, 0.6) is 0 Å². The summed E-state index contributed by atoms with van der Waals surface area (Å²) in [5, 5.41) is 0. The van der Waals surface area contributed by atoms with E-state index in [1.807, 2.05) is 31.2 Å². The van der Waals surface area contributed by atoms with Gasteiger partial charge < -0.3 is 9.69 Å². The summed E-state index contributed by atoms with van der Waals surface area (Å²) in [6.45, 7) is 3.77. The summed E-state index contributed by atoms with van der Waals surface area (Å²) in [5.74, 6) is 1.17. The van der Waals surface area contributed by atoms with Crippen molar-refractivity contribution in [2.45, 2.75) is 19.8 Å². The van der Waals surface area contributed by atoms with Crippen LogP contribution in [0.1, 0.15) is 18.5 Å². The Hall–Kier alpha value is -1.97. The van der Waals surface area contributed by atoms with Crippen molar-refractivity contribution in [1.82, 2.24) is 9.97 Å². The van der Waals surface area contributed by atoms with E-state index in [0.29, 0.717) is 0 Å². The zero-order valence-corrected chi connectivity index (χ0v) is 11.0. The standard InChI is InChI=1S/C15H17N3O/c1-11-15(18-8-6-12(10-19)7-9-18)17-14-5-3-2-4-13(14)16-11/h2-5,10,12H,6-9H2,1H3. The van der Waals surface area contributed by atoms with Crippen molar-refractivity contribution in [2.75, 3.05) is 18.0 Å². The SMILES string of the molecule is Cc1nc2ccccc2nc1N1CCC(C=O)CC1. The molecular weight excluding hydrogens is 238 g/mol. The first-order valence-electron chi connectivity index (χ1n) is 6.71. The van der Waals surface area contributed by atoms with E-state index >= 15 is 0 Å². The molecule has 2 heterocycles. The Morgan fingerprint density at radius 1 is 1.16 bits per heavy atom. The van der Waals surface area contributed by atoms with Crippen LogP contribution in [0, 0.1) is 12.8 Å². The number of rotatable bonds is 2. The minimum absolute atomic E-state index is 0.213. The maximum absolute atomic E-state index is 10.8. The maximum Gasteiger partial charge on any atom is 0.150 e. The highest BCUT2D eigenvalue weighted by molar-refractivity contribution is 5.76. The van der Waals surface area contributed by atoms with Crippen LogP contribution < -0.4 is 4.90 Å². The van der Waals surface area contributed by atoms with Gasteiger partial charge >= 0.3 is 0 Å². The first-order chi connectivity index (χ1) is 9.28. The van der Waals surface area contributed by atoms with Gasteiger partial charge in [0.05, 0.1) is 16.7 Å². The lowest BCUT2D eigenvalue weighted by molar-refractivity contribution is -0.111. The van der Waals surface area contributed by atoms with Gasteiger partial charge in [0.1, 0.15) is 6.29 Å². The van der Waals surface area contributed by atoms with Crippen LogP contribution >= 0.6 is 0 Å². The number of hydrogen-bond donors (Lipinski definition) is 0. The van der Waals surface area contributed by atoms with Gasteiger partial charge in [-0.15, -0.1) is 0 Å². The highest BCUT2D eigenvalue weighted by Gasteiger charge is 2.21. The summed E-state index contributed by atoms with van der Waals surface area (Å²) in [6.07, 6.45) is 2.91. The number of fused-ring (bicyclic) bond motifs is 1. The molecule has 4 heteroatoms. The second-order valence-corrected chi connectivity index (χ2v) is 5.08. The number of aryl methyl sites for hydroxylation is 1. The lowest BCUT2D eigenvalue weighted by Gasteiger charge is -2.31. The zero-order valence-electron chi connectivity index (χ0n) is 11.0. The number of carbonyl (C=O) groups excluding carboxylic acids is 1. The summed E-state index contributed by atoms with van der Waals surface area (Å²) >= 11 is 0. The average Bonchev–Trinajstić information content (AvgIpc) is 2.47. The average molecular weight is 255 g/mol. The molecular formula is C15H17N3O. The molecule has 3 rings (SSSR count). The minimum atomic E-state index is 0.213. The van der Waals surface area contributed by atoms with Crippen molar-refractivity contribution in [3.63, 3.8) is 0 Å². The lowest BCUT2D eigenvalue weighted by Crippen LogP contribution is -2.35. The van der Waals surface area contributed by atoms with E-state index in [0.717, 1.165) is 54.8 Å². The van der Waals surface area contributed by atoms with Crippen LogP contribution in [0.2, 0.25) is 0 Å². The Morgan fingerprint density at radius 3 is 2.42 bits per heavy atom. The number of aldehydes is 1. The van der Waals surface area contributed by atoms with Crippen molar-refractivity contribution in [2.24, 2.45) is 5.92 Å². The van der Waals surface area contributed by atoms with Crippen LogP contribution in [0.25, 0.3) is 11.0 Å². The number of anilines is 1. The molecule has 1 aliphatic rings. The summed E-state index contributed by atoms with van der Waals surface area (Å²) in [6, 6.07) is 7.93. The molecule has 0 spiro atoms. The van der Waals surface area contributed by atoms with Crippen LogP contribution in [0.15, 0.2) is 24.3 Å². The number of benzene rings is 1. The summed E-state index contributed by atoms with van der Waals surface area (Å²) in [4.78, 5) is 22.4. The molecule has 1 aromatic heterocycles. The monoisotopic (exact) mass is 255 g/mol. The molecule has 0 atom stereocenters.